The van der Waals surface area contributed by atoms with Crippen LogP contribution in [0.3, 0.4) is 0 Å². The third-order valence-corrected chi connectivity index (χ3v) is 4.31. The minimum atomic E-state index is -0.408. The van der Waals surface area contributed by atoms with Crippen LogP contribution in [0.15, 0.2) is 48.5 Å². The van der Waals surface area contributed by atoms with Crippen molar-refractivity contribution in [3.8, 4) is 23.0 Å². The molecule has 124 valence electrons. The lowest BCUT2D eigenvalue weighted by molar-refractivity contribution is -0.170. The Bertz CT molecular complexity index is 702. The highest BCUT2D eigenvalue weighted by Crippen LogP contribution is 2.22. The van der Waals surface area contributed by atoms with Gasteiger partial charge in [-0.05, 0) is 47.7 Å². The molecule has 0 atom stereocenters. The number of benzene rings is 2. The van der Waals surface area contributed by atoms with Crippen LogP contribution in [0.25, 0.3) is 11.1 Å². The first-order chi connectivity index (χ1) is 11.7. The number of hydrogen-bond acceptors (Lipinski definition) is 2. The van der Waals surface area contributed by atoms with Gasteiger partial charge in [0.15, 0.2) is 0 Å². The van der Waals surface area contributed by atoms with E-state index in [4.69, 9.17) is 21.1 Å². The number of ether oxygens (including phenoxy) is 2. The molecule has 1 saturated heterocycles. The van der Waals surface area contributed by atoms with Crippen molar-refractivity contribution in [2.45, 2.75) is 26.1 Å². The molecule has 3 heteroatoms. The van der Waals surface area contributed by atoms with Crippen LogP contribution in [0.5, 0.6) is 0 Å². The van der Waals surface area contributed by atoms with Gasteiger partial charge in [0.05, 0.1) is 13.2 Å². The van der Waals surface area contributed by atoms with Crippen LogP contribution in [0, 0.1) is 17.8 Å². The summed E-state index contributed by atoms with van der Waals surface area (Å²) in [7, 11) is 0. The van der Waals surface area contributed by atoms with Crippen molar-refractivity contribution in [3.63, 3.8) is 0 Å². The normalized spacial score (nSPS) is 20.2. The minimum Gasteiger partial charge on any atom is -0.342 e. The van der Waals surface area contributed by atoms with Crippen LogP contribution in [0.1, 0.15) is 25.3 Å². The summed E-state index contributed by atoms with van der Waals surface area (Å²) in [5.41, 5.74) is 3.24. The first kappa shape index (κ1) is 17.0. The molecule has 0 N–H and O–H groups in total. The first-order valence-corrected chi connectivity index (χ1v) is 8.73. The van der Waals surface area contributed by atoms with Gasteiger partial charge in [0.1, 0.15) is 0 Å². The summed E-state index contributed by atoms with van der Waals surface area (Å²) in [5, 5.41) is 0.745. The van der Waals surface area contributed by atoms with Crippen molar-refractivity contribution in [3.05, 3.63) is 59.1 Å². The third kappa shape index (κ3) is 4.61. The number of halogens is 1. The van der Waals surface area contributed by atoms with Crippen LogP contribution in [-0.4, -0.2) is 19.5 Å². The van der Waals surface area contributed by atoms with E-state index in [1.165, 1.54) is 0 Å². The molecule has 2 aromatic carbocycles. The van der Waals surface area contributed by atoms with Gasteiger partial charge >= 0.3 is 0 Å². The maximum Gasteiger partial charge on any atom is 0.222 e. The second-order valence-corrected chi connectivity index (χ2v) is 6.44. The van der Waals surface area contributed by atoms with E-state index in [1.54, 1.807) is 0 Å². The minimum absolute atomic E-state index is 0.408. The molecule has 1 fully saturated rings. The topological polar surface area (TPSA) is 18.5 Å². The molecule has 3 rings (SSSR count). The zero-order chi connectivity index (χ0) is 16.8. The van der Waals surface area contributed by atoms with Crippen molar-refractivity contribution in [1.29, 1.82) is 0 Å². The Hall–Kier alpha value is -1.79. The SMILES string of the molecule is CCCC1COC(C#Cc2ccc(-c3ccc(Cl)cc3)cc2)OC1. The molecule has 2 nitrogen and oxygen atoms in total. The Balaban J connectivity index is 1.60. The van der Waals surface area contributed by atoms with Crippen molar-refractivity contribution in [2.24, 2.45) is 5.92 Å². The van der Waals surface area contributed by atoms with E-state index in [-0.39, 0.29) is 0 Å². The van der Waals surface area contributed by atoms with Crippen LogP contribution >= 0.6 is 11.6 Å². The second kappa shape index (κ2) is 8.35. The van der Waals surface area contributed by atoms with Crippen molar-refractivity contribution >= 4 is 11.6 Å². The Kier molecular flexibility index (Phi) is 5.93. The highest BCUT2D eigenvalue weighted by Gasteiger charge is 2.19. The first-order valence-electron chi connectivity index (χ1n) is 8.35. The molecule has 0 aliphatic carbocycles. The molecule has 0 bridgehead atoms. The molecule has 2 aromatic rings. The van der Waals surface area contributed by atoms with Crippen molar-refractivity contribution < 1.29 is 9.47 Å². The van der Waals surface area contributed by atoms with Crippen LogP contribution in [0.4, 0.5) is 0 Å². The highest BCUT2D eigenvalue weighted by atomic mass is 35.5. The Morgan fingerprint density at radius 3 is 2.12 bits per heavy atom. The van der Waals surface area contributed by atoms with Gasteiger partial charge in [-0.2, -0.15) is 0 Å². The summed E-state index contributed by atoms with van der Waals surface area (Å²) >= 11 is 5.92. The summed E-state index contributed by atoms with van der Waals surface area (Å²) in [5.74, 6) is 6.69. The van der Waals surface area contributed by atoms with Gasteiger partial charge in [-0.15, -0.1) is 0 Å². The number of rotatable bonds is 3. The number of hydrogen-bond donors (Lipinski definition) is 0. The van der Waals surface area contributed by atoms with E-state index < -0.39 is 6.29 Å². The highest BCUT2D eigenvalue weighted by molar-refractivity contribution is 6.30. The molecule has 1 heterocycles. The van der Waals surface area contributed by atoms with Gasteiger partial charge in [0.25, 0.3) is 0 Å². The van der Waals surface area contributed by atoms with Crippen molar-refractivity contribution in [1.82, 2.24) is 0 Å². The predicted octanol–water partition coefficient (Wildman–Crippen LogP) is 5.15. The molecule has 0 radical (unpaired) electrons. The lowest BCUT2D eigenvalue weighted by Gasteiger charge is -2.26. The Morgan fingerprint density at radius 1 is 0.958 bits per heavy atom. The fraction of sp³-hybridized carbons (Fsp3) is 0.333. The molecule has 1 aliphatic heterocycles. The van der Waals surface area contributed by atoms with E-state index in [9.17, 15) is 0 Å². The van der Waals surface area contributed by atoms with E-state index in [0.717, 1.165) is 47.8 Å². The van der Waals surface area contributed by atoms with Gasteiger partial charge in [0, 0.05) is 16.5 Å². The predicted molar refractivity (Wildman–Crippen MR) is 97.9 cm³/mol. The molecular weight excluding hydrogens is 320 g/mol. The third-order valence-electron chi connectivity index (χ3n) is 4.06. The van der Waals surface area contributed by atoms with Gasteiger partial charge in [0.2, 0.25) is 6.29 Å². The average Bonchev–Trinajstić information content (AvgIpc) is 2.63. The summed E-state index contributed by atoms with van der Waals surface area (Å²) < 4.78 is 11.3. The van der Waals surface area contributed by atoms with Gasteiger partial charge in [-0.1, -0.05) is 55.1 Å². The van der Waals surface area contributed by atoms with E-state index in [2.05, 4.69) is 30.9 Å². The summed E-state index contributed by atoms with van der Waals surface area (Å²) in [6.07, 6.45) is 1.90. The van der Waals surface area contributed by atoms with Crippen LogP contribution in [0.2, 0.25) is 5.02 Å². The molecule has 0 saturated carbocycles. The van der Waals surface area contributed by atoms with E-state index >= 15 is 0 Å². The lowest BCUT2D eigenvalue weighted by Crippen LogP contribution is -2.31. The molecule has 24 heavy (non-hydrogen) atoms. The van der Waals surface area contributed by atoms with Gasteiger partial charge < -0.3 is 9.47 Å². The largest absolute Gasteiger partial charge is 0.342 e. The summed E-state index contributed by atoms with van der Waals surface area (Å²) in [4.78, 5) is 0. The zero-order valence-electron chi connectivity index (χ0n) is 13.8. The van der Waals surface area contributed by atoms with E-state index in [0.29, 0.717) is 5.92 Å². The van der Waals surface area contributed by atoms with Gasteiger partial charge in [-0.3, -0.25) is 0 Å². The van der Waals surface area contributed by atoms with Crippen LogP contribution < -0.4 is 0 Å². The fourth-order valence-electron chi connectivity index (χ4n) is 2.73. The fourth-order valence-corrected chi connectivity index (χ4v) is 2.86. The van der Waals surface area contributed by atoms with Crippen molar-refractivity contribution in [2.75, 3.05) is 13.2 Å². The molecule has 0 amide bonds. The van der Waals surface area contributed by atoms with Crippen LogP contribution in [-0.2, 0) is 9.47 Å². The monoisotopic (exact) mass is 340 g/mol. The Labute approximate surface area is 148 Å². The molecule has 0 aromatic heterocycles. The summed E-state index contributed by atoms with van der Waals surface area (Å²) in [6, 6.07) is 16.0. The molecule has 0 spiro atoms. The lowest BCUT2D eigenvalue weighted by atomic mass is 10.0. The molecule has 0 unspecified atom stereocenters. The smallest absolute Gasteiger partial charge is 0.222 e. The van der Waals surface area contributed by atoms with E-state index in [1.807, 2.05) is 36.4 Å². The standard InChI is InChI=1S/C21H21ClO2/c1-2-3-17-14-23-21(24-15-17)13-6-16-4-7-18(8-5-16)19-9-11-20(22)12-10-19/h4-5,7-12,17,21H,2-3,14-15H2,1H3. The maximum atomic E-state index is 5.92. The quantitative estimate of drug-likeness (QED) is 0.719. The Morgan fingerprint density at radius 2 is 1.54 bits per heavy atom. The molecular formula is C21H21ClO2. The zero-order valence-corrected chi connectivity index (χ0v) is 14.6. The molecule has 1 aliphatic rings. The average molecular weight is 341 g/mol. The van der Waals surface area contributed by atoms with Gasteiger partial charge in [-0.25, -0.2) is 0 Å². The second-order valence-electron chi connectivity index (χ2n) is 6.01. The maximum absolute atomic E-state index is 5.92. The summed E-state index contributed by atoms with van der Waals surface area (Å²) in [6.45, 7) is 3.66.